The molecule has 0 aromatic heterocycles. The minimum absolute atomic E-state index is 0.171. The lowest BCUT2D eigenvalue weighted by atomic mass is 10.0. The highest BCUT2D eigenvalue weighted by Gasteiger charge is 2.38. The normalized spacial score (nSPS) is 22.5. The minimum Gasteiger partial charge on any atom is -0.481 e. The van der Waals surface area contributed by atoms with E-state index in [0.717, 1.165) is 4.47 Å². The molecule has 1 aliphatic heterocycles. The van der Waals surface area contributed by atoms with Gasteiger partial charge >= 0.3 is 5.97 Å². The van der Waals surface area contributed by atoms with Gasteiger partial charge in [-0.05, 0) is 47.5 Å². The second kappa shape index (κ2) is 5.21. The third kappa shape index (κ3) is 2.58. The van der Waals surface area contributed by atoms with E-state index in [1.807, 2.05) is 0 Å². The van der Waals surface area contributed by atoms with Gasteiger partial charge in [-0.25, -0.2) is 0 Å². The van der Waals surface area contributed by atoms with Crippen LogP contribution in [-0.4, -0.2) is 34.5 Å². The summed E-state index contributed by atoms with van der Waals surface area (Å²) in [7, 11) is 0. The highest BCUT2D eigenvalue weighted by atomic mass is 79.9. The summed E-state index contributed by atoms with van der Waals surface area (Å²) >= 11 is 3.27. The van der Waals surface area contributed by atoms with E-state index in [4.69, 9.17) is 10.8 Å². The average molecular weight is 327 g/mol. The first-order valence-corrected chi connectivity index (χ1v) is 6.80. The van der Waals surface area contributed by atoms with Crippen LogP contribution in [0.25, 0.3) is 0 Å². The van der Waals surface area contributed by atoms with E-state index < -0.39 is 11.9 Å². The van der Waals surface area contributed by atoms with Crippen LogP contribution in [0.4, 0.5) is 5.69 Å². The molecular formula is C13H15BrN2O3. The molecule has 2 unspecified atom stereocenters. The Morgan fingerprint density at radius 1 is 1.47 bits per heavy atom. The predicted octanol–water partition coefficient (Wildman–Crippen LogP) is 1.97. The largest absolute Gasteiger partial charge is 0.481 e. The topological polar surface area (TPSA) is 83.6 Å². The van der Waals surface area contributed by atoms with Crippen molar-refractivity contribution in [3.63, 3.8) is 0 Å². The number of aliphatic carboxylic acids is 1. The zero-order valence-corrected chi connectivity index (χ0v) is 12.1. The molecule has 2 atom stereocenters. The molecule has 1 aliphatic rings. The Bertz CT molecular complexity index is 533. The van der Waals surface area contributed by atoms with Gasteiger partial charge in [0.05, 0.1) is 5.92 Å². The fraction of sp³-hybridized carbons (Fsp3) is 0.385. The molecule has 0 spiro atoms. The molecule has 5 nitrogen and oxygen atoms in total. The zero-order valence-electron chi connectivity index (χ0n) is 10.5. The number of hydrogen-bond donors (Lipinski definition) is 2. The lowest BCUT2D eigenvalue weighted by Crippen LogP contribution is -2.37. The summed E-state index contributed by atoms with van der Waals surface area (Å²) < 4.78 is 0.738. The third-order valence-corrected chi connectivity index (χ3v) is 4.30. The van der Waals surface area contributed by atoms with Crippen molar-refractivity contribution in [3.8, 4) is 0 Å². The highest BCUT2D eigenvalue weighted by molar-refractivity contribution is 9.10. The van der Waals surface area contributed by atoms with E-state index in [0.29, 0.717) is 24.2 Å². The molecule has 102 valence electrons. The van der Waals surface area contributed by atoms with Crippen LogP contribution < -0.4 is 5.73 Å². The first kappa shape index (κ1) is 13.9. The molecule has 19 heavy (non-hydrogen) atoms. The number of carbonyl (C=O) groups excluding carboxylic acids is 1. The molecule has 1 aromatic carbocycles. The van der Waals surface area contributed by atoms with E-state index in [-0.39, 0.29) is 11.9 Å². The number of nitrogens with zero attached hydrogens (tertiary/aromatic N) is 1. The molecule has 1 heterocycles. The molecule has 1 amide bonds. The van der Waals surface area contributed by atoms with E-state index in [1.165, 1.54) is 0 Å². The van der Waals surface area contributed by atoms with E-state index in [2.05, 4.69) is 15.9 Å². The Morgan fingerprint density at radius 2 is 2.16 bits per heavy atom. The van der Waals surface area contributed by atoms with Gasteiger partial charge in [0.1, 0.15) is 0 Å². The molecular weight excluding hydrogens is 312 g/mol. The second-order valence-corrected chi connectivity index (χ2v) is 5.56. The van der Waals surface area contributed by atoms with Gasteiger partial charge in [0, 0.05) is 28.3 Å². The van der Waals surface area contributed by atoms with Crippen molar-refractivity contribution < 1.29 is 14.7 Å². The summed E-state index contributed by atoms with van der Waals surface area (Å²) in [6, 6.07) is 4.71. The van der Waals surface area contributed by atoms with Crippen molar-refractivity contribution in [1.29, 1.82) is 0 Å². The maximum Gasteiger partial charge on any atom is 0.308 e. The lowest BCUT2D eigenvalue weighted by Gasteiger charge is -2.23. The third-order valence-electron chi connectivity index (χ3n) is 3.58. The molecule has 0 radical (unpaired) electrons. The van der Waals surface area contributed by atoms with E-state index >= 15 is 0 Å². The van der Waals surface area contributed by atoms with Crippen molar-refractivity contribution in [2.24, 2.45) is 5.92 Å². The Hall–Kier alpha value is -1.56. The number of anilines is 1. The fourth-order valence-electron chi connectivity index (χ4n) is 2.40. The Morgan fingerprint density at radius 3 is 2.68 bits per heavy atom. The van der Waals surface area contributed by atoms with Gasteiger partial charge in [0.15, 0.2) is 0 Å². The molecule has 0 bridgehead atoms. The smallest absolute Gasteiger partial charge is 0.308 e. The van der Waals surface area contributed by atoms with Crippen molar-refractivity contribution in [2.45, 2.75) is 19.4 Å². The molecule has 0 saturated carbocycles. The maximum absolute atomic E-state index is 12.4. The number of nitrogens with two attached hydrogens (primary N) is 1. The molecule has 3 N–H and O–H groups in total. The average Bonchev–Trinajstić information content (AvgIpc) is 2.74. The van der Waals surface area contributed by atoms with Gasteiger partial charge in [-0.1, -0.05) is 0 Å². The van der Waals surface area contributed by atoms with Crippen molar-refractivity contribution in [3.05, 3.63) is 28.2 Å². The molecule has 1 fully saturated rings. The first-order chi connectivity index (χ1) is 8.91. The number of benzene rings is 1. The molecule has 0 aliphatic carbocycles. The van der Waals surface area contributed by atoms with Gasteiger partial charge in [0.25, 0.3) is 5.91 Å². The van der Waals surface area contributed by atoms with Crippen LogP contribution in [0.2, 0.25) is 0 Å². The quantitative estimate of drug-likeness (QED) is 0.814. The van der Waals surface area contributed by atoms with Gasteiger partial charge in [0.2, 0.25) is 0 Å². The molecule has 1 aromatic rings. The monoisotopic (exact) mass is 326 g/mol. The summed E-state index contributed by atoms with van der Waals surface area (Å²) in [6.45, 7) is 2.23. The van der Waals surface area contributed by atoms with Crippen molar-refractivity contribution in [1.82, 2.24) is 4.90 Å². The lowest BCUT2D eigenvalue weighted by molar-refractivity contribution is -0.142. The van der Waals surface area contributed by atoms with Crippen LogP contribution in [-0.2, 0) is 4.79 Å². The van der Waals surface area contributed by atoms with Gasteiger partial charge in [-0.3, -0.25) is 9.59 Å². The highest BCUT2D eigenvalue weighted by Crippen LogP contribution is 2.27. The number of amides is 1. The number of carbonyl (C=O) groups is 2. The molecule has 1 saturated heterocycles. The standard InChI is InChI=1S/C13H15BrN2O3/c1-7-9(13(18)19)4-5-16(7)12(17)8-2-3-10(14)11(15)6-8/h2-3,6-7,9H,4-5,15H2,1H3,(H,18,19). The van der Waals surface area contributed by atoms with Crippen LogP contribution in [0.15, 0.2) is 22.7 Å². The number of nitrogen functional groups attached to an aromatic ring is 1. The number of halogens is 1. The van der Waals surface area contributed by atoms with Gasteiger partial charge < -0.3 is 15.7 Å². The summed E-state index contributed by atoms with van der Waals surface area (Å²) in [5, 5.41) is 9.07. The van der Waals surface area contributed by atoms with Crippen molar-refractivity contribution in [2.75, 3.05) is 12.3 Å². The van der Waals surface area contributed by atoms with E-state index in [9.17, 15) is 9.59 Å². The Balaban J connectivity index is 2.21. The van der Waals surface area contributed by atoms with Crippen LogP contribution in [0, 0.1) is 5.92 Å². The second-order valence-electron chi connectivity index (χ2n) is 4.71. The number of carboxylic acids is 1. The number of carboxylic acid groups (broad SMARTS) is 1. The molecule has 2 rings (SSSR count). The Kier molecular flexibility index (Phi) is 3.80. The van der Waals surface area contributed by atoms with Crippen LogP contribution >= 0.6 is 15.9 Å². The van der Waals surface area contributed by atoms with Crippen LogP contribution in [0.1, 0.15) is 23.7 Å². The van der Waals surface area contributed by atoms with Crippen molar-refractivity contribution >= 4 is 33.5 Å². The summed E-state index contributed by atoms with van der Waals surface area (Å²) in [4.78, 5) is 25.0. The SMILES string of the molecule is CC1C(C(=O)O)CCN1C(=O)c1ccc(Br)c(N)c1. The van der Waals surface area contributed by atoms with Crippen LogP contribution in [0.3, 0.4) is 0 Å². The van der Waals surface area contributed by atoms with Gasteiger partial charge in [-0.2, -0.15) is 0 Å². The van der Waals surface area contributed by atoms with Gasteiger partial charge in [-0.15, -0.1) is 0 Å². The summed E-state index contributed by atoms with van der Waals surface area (Å²) in [5.74, 6) is -1.51. The number of likely N-dealkylation sites (tertiary alicyclic amines) is 1. The summed E-state index contributed by atoms with van der Waals surface area (Å²) in [5.41, 5.74) is 6.73. The maximum atomic E-state index is 12.4. The minimum atomic E-state index is -0.849. The molecule has 6 heteroatoms. The number of rotatable bonds is 2. The summed E-state index contributed by atoms with van der Waals surface area (Å²) in [6.07, 6.45) is 0.494. The predicted molar refractivity (Wildman–Crippen MR) is 74.8 cm³/mol. The van der Waals surface area contributed by atoms with Crippen LogP contribution in [0.5, 0.6) is 0 Å². The fourth-order valence-corrected chi connectivity index (χ4v) is 2.65. The van der Waals surface area contributed by atoms with E-state index in [1.54, 1.807) is 30.0 Å². The Labute approximate surface area is 119 Å². The zero-order chi connectivity index (χ0) is 14.2. The first-order valence-electron chi connectivity index (χ1n) is 6.00. The number of hydrogen-bond acceptors (Lipinski definition) is 3.